The van der Waals surface area contributed by atoms with E-state index in [0.29, 0.717) is 13.1 Å². The molecule has 5 heteroatoms. The zero-order chi connectivity index (χ0) is 17.0. The fourth-order valence-electron chi connectivity index (χ4n) is 3.53. The Hall–Kier alpha value is -1.88. The summed E-state index contributed by atoms with van der Waals surface area (Å²) in [7, 11) is 1.43. The van der Waals surface area contributed by atoms with Gasteiger partial charge in [-0.3, -0.25) is 14.5 Å². The summed E-state index contributed by atoms with van der Waals surface area (Å²) >= 11 is 0. The third-order valence-corrected chi connectivity index (χ3v) is 5.35. The van der Waals surface area contributed by atoms with E-state index in [0.717, 1.165) is 38.8 Å². The van der Waals surface area contributed by atoms with Gasteiger partial charge in [0.2, 0.25) is 5.91 Å². The SMILES string of the molecule is COC(=O)C1CCN(CC(=O)NCC2(c3ccccc3)CC2)CC1. The number of likely N-dealkylation sites (tertiary alicyclic amines) is 1. The van der Waals surface area contributed by atoms with Crippen LogP contribution in [0.1, 0.15) is 31.2 Å². The van der Waals surface area contributed by atoms with Crippen LogP contribution in [0.2, 0.25) is 0 Å². The van der Waals surface area contributed by atoms with Gasteiger partial charge in [-0.05, 0) is 44.3 Å². The fourth-order valence-corrected chi connectivity index (χ4v) is 3.53. The van der Waals surface area contributed by atoms with Crippen molar-refractivity contribution in [3.05, 3.63) is 35.9 Å². The van der Waals surface area contributed by atoms with E-state index in [1.165, 1.54) is 12.7 Å². The molecule has 130 valence electrons. The van der Waals surface area contributed by atoms with Crippen molar-refractivity contribution in [2.75, 3.05) is 33.3 Å². The van der Waals surface area contributed by atoms with E-state index in [1.807, 2.05) is 6.07 Å². The van der Waals surface area contributed by atoms with E-state index in [9.17, 15) is 9.59 Å². The number of benzene rings is 1. The number of carbonyl (C=O) groups excluding carboxylic acids is 2. The average Bonchev–Trinajstić information content (AvgIpc) is 3.42. The standard InChI is InChI=1S/C19H26N2O3/c1-24-18(23)15-7-11-21(12-8-15)13-17(22)20-14-19(9-10-19)16-5-3-2-4-6-16/h2-6,15H,7-14H2,1H3,(H,20,22). The maximum atomic E-state index is 12.2. The van der Waals surface area contributed by atoms with Crippen LogP contribution in [0.15, 0.2) is 30.3 Å². The first kappa shape index (κ1) is 17.0. The van der Waals surface area contributed by atoms with Gasteiger partial charge in [0.05, 0.1) is 19.6 Å². The quantitative estimate of drug-likeness (QED) is 0.807. The number of methoxy groups -OCH3 is 1. The number of ether oxygens (including phenoxy) is 1. The van der Waals surface area contributed by atoms with Crippen LogP contribution in [-0.2, 0) is 19.7 Å². The molecule has 2 aliphatic rings. The third-order valence-electron chi connectivity index (χ3n) is 5.35. The molecular formula is C19H26N2O3. The average molecular weight is 330 g/mol. The minimum absolute atomic E-state index is 0.0119. The Kier molecular flexibility index (Phi) is 5.19. The van der Waals surface area contributed by atoms with Crippen molar-refractivity contribution >= 4 is 11.9 Å². The van der Waals surface area contributed by atoms with Gasteiger partial charge in [0.1, 0.15) is 0 Å². The first-order valence-electron chi connectivity index (χ1n) is 8.75. The minimum Gasteiger partial charge on any atom is -0.469 e. The van der Waals surface area contributed by atoms with Gasteiger partial charge in [0.25, 0.3) is 0 Å². The zero-order valence-electron chi connectivity index (χ0n) is 14.3. The molecule has 24 heavy (non-hydrogen) atoms. The van der Waals surface area contributed by atoms with Gasteiger partial charge >= 0.3 is 5.97 Å². The van der Waals surface area contributed by atoms with Crippen LogP contribution >= 0.6 is 0 Å². The number of carbonyl (C=O) groups is 2. The van der Waals surface area contributed by atoms with E-state index >= 15 is 0 Å². The van der Waals surface area contributed by atoms with Gasteiger partial charge in [-0.25, -0.2) is 0 Å². The summed E-state index contributed by atoms with van der Waals surface area (Å²) in [4.78, 5) is 25.9. The largest absolute Gasteiger partial charge is 0.469 e. The molecule has 1 aliphatic heterocycles. The van der Waals surface area contributed by atoms with Crippen molar-refractivity contribution in [1.82, 2.24) is 10.2 Å². The van der Waals surface area contributed by atoms with Crippen molar-refractivity contribution in [2.24, 2.45) is 5.92 Å². The number of piperidine rings is 1. The first-order chi connectivity index (χ1) is 11.6. The maximum Gasteiger partial charge on any atom is 0.308 e. The van der Waals surface area contributed by atoms with Crippen molar-refractivity contribution in [3.8, 4) is 0 Å². The number of esters is 1. The molecule has 1 saturated heterocycles. The lowest BCUT2D eigenvalue weighted by Crippen LogP contribution is -2.44. The van der Waals surface area contributed by atoms with E-state index in [-0.39, 0.29) is 23.2 Å². The Morgan fingerprint density at radius 2 is 1.88 bits per heavy atom. The molecule has 3 rings (SSSR count). The second-order valence-corrected chi connectivity index (χ2v) is 7.00. The predicted octanol–water partition coefficient (Wildman–Crippen LogP) is 1.72. The molecule has 0 aromatic heterocycles. The van der Waals surface area contributed by atoms with Gasteiger partial charge in [-0.15, -0.1) is 0 Å². The number of hydrogen-bond acceptors (Lipinski definition) is 4. The van der Waals surface area contributed by atoms with Gasteiger partial charge in [0.15, 0.2) is 0 Å². The smallest absolute Gasteiger partial charge is 0.308 e. The zero-order valence-corrected chi connectivity index (χ0v) is 14.3. The second-order valence-electron chi connectivity index (χ2n) is 7.00. The van der Waals surface area contributed by atoms with Gasteiger partial charge in [-0.1, -0.05) is 30.3 Å². The molecule has 1 N–H and O–H groups in total. The summed E-state index contributed by atoms with van der Waals surface area (Å²) < 4.78 is 4.79. The van der Waals surface area contributed by atoms with Crippen molar-refractivity contribution in [2.45, 2.75) is 31.1 Å². The maximum absolute atomic E-state index is 12.2. The highest BCUT2D eigenvalue weighted by Gasteiger charge is 2.44. The lowest BCUT2D eigenvalue weighted by Gasteiger charge is -2.30. The molecule has 1 aliphatic carbocycles. The number of nitrogens with zero attached hydrogens (tertiary/aromatic N) is 1. The molecule has 0 radical (unpaired) electrons. The van der Waals surface area contributed by atoms with Gasteiger partial charge < -0.3 is 10.1 Å². The monoisotopic (exact) mass is 330 g/mol. The van der Waals surface area contributed by atoms with Gasteiger partial charge in [0, 0.05) is 12.0 Å². The highest BCUT2D eigenvalue weighted by Crippen LogP contribution is 2.47. The fraction of sp³-hybridized carbons (Fsp3) is 0.579. The first-order valence-corrected chi connectivity index (χ1v) is 8.75. The molecule has 5 nitrogen and oxygen atoms in total. The third kappa shape index (κ3) is 3.96. The van der Waals surface area contributed by atoms with E-state index in [2.05, 4.69) is 34.5 Å². The lowest BCUT2D eigenvalue weighted by molar-refractivity contribution is -0.147. The molecule has 2 fully saturated rings. The predicted molar refractivity (Wildman–Crippen MR) is 91.5 cm³/mol. The van der Waals surface area contributed by atoms with Crippen molar-refractivity contribution < 1.29 is 14.3 Å². The summed E-state index contributed by atoms with van der Waals surface area (Å²) in [5, 5.41) is 3.10. The summed E-state index contributed by atoms with van der Waals surface area (Å²) in [6.45, 7) is 2.68. The molecule has 0 unspecified atom stereocenters. The van der Waals surface area contributed by atoms with Crippen LogP contribution in [0.25, 0.3) is 0 Å². The molecular weight excluding hydrogens is 304 g/mol. The summed E-state index contributed by atoms with van der Waals surface area (Å²) in [5.41, 5.74) is 1.47. The Balaban J connectivity index is 1.42. The molecule has 1 saturated carbocycles. The van der Waals surface area contributed by atoms with E-state index in [4.69, 9.17) is 4.74 Å². The Morgan fingerprint density at radius 1 is 1.21 bits per heavy atom. The Labute approximate surface area is 143 Å². The molecule has 0 bridgehead atoms. The molecule has 1 heterocycles. The summed E-state index contributed by atoms with van der Waals surface area (Å²) in [5.74, 6) is -0.0616. The Morgan fingerprint density at radius 3 is 2.46 bits per heavy atom. The number of rotatable bonds is 6. The highest BCUT2D eigenvalue weighted by molar-refractivity contribution is 5.78. The molecule has 1 aromatic rings. The normalized spacial score (nSPS) is 20.4. The van der Waals surface area contributed by atoms with Crippen LogP contribution in [0.4, 0.5) is 0 Å². The topological polar surface area (TPSA) is 58.6 Å². The molecule has 1 amide bonds. The van der Waals surface area contributed by atoms with Crippen molar-refractivity contribution in [3.63, 3.8) is 0 Å². The molecule has 0 spiro atoms. The van der Waals surface area contributed by atoms with Crippen LogP contribution in [-0.4, -0.2) is 50.1 Å². The second kappa shape index (κ2) is 7.34. The summed E-state index contributed by atoms with van der Waals surface area (Å²) in [6.07, 6.45) is 3.82. The number of amides is 1. The van der Waals surface area contributed by atoms with Crippen LogP contribution < -0.4 is 5.32 Å². The van der Waals surface area contributed by atoms with E-state index in [1.54, 1.807) is 0 Å². The lowest BCUT2D eigenvalue weighted by atomic mass is 9.96. The van der Waals surface area contributed by atoms with Crippen molar-refractivity contribution in [1.29, 1.82) is 0 Å². The van der Waals surface area contributed by atoms with Gasteiger partial charge in [-0.2, -0.15) is 0 Å². The molecule has 0 atom stereocenters. The van der Waals surface area contributed by atoms with Crippen LogP contribution in [0.3, 0.4) is 0 Å². The summed E-state index contributed by atoms with van der Waals surface area (Å²) in [6, 6.07) is 10.4. The molecule has 1 aromatic carbocycles. The number of nitrogens with one attached hydrogen (secondary N) is 1. The minimum atomic E-state index is -0.127. The highest BCUT2D eigenvalue weighted by atomic mass is 16.5. The number of hydrogen-bond donors (Lipinski definition) is 1. The Bertz CT molecular complexity index is 576. The van der Waals surface area contributed by atoms with E-state index < -0.39 is 0 Å². The van der Waals surface area contributed by atoms with Crippen LogP contribution in [0, 0.1) is 5.92 Å². The van der Waals surface area contributed by atoms with Crippen LogP contribution in [0.5, 0.6) is 0 Å².